The van der Waals surface area contributed by atoms with Crippen molar-refractivity contribution in [1.82, 2.24) is 0 Å². The van der Waals surface area contributed by atoms with E-state index in [9.17, 15) is 5.26 Å². The number of ether oxygens (including phenoxy) is 1. The van der Waals surface area contributed by atoms with Gasteiger partial charge in [-0.3, -0.25) is 0 Å². The summed E-state index contributed by atoms with van der Waals surface area (Å²) >= 11 is 0. The number of hydrogen-bond donors (Lipinski definition) is 0. The average molecular weight is 377 g/mol. The quantitative estimate of drug-likeness (QED) is 0.635. The summed E-state index contributed by atoms with van der Waals surface area (Å²) in [5.74, 6) is 3.05. The fourth-order valence-electron chi connectivity index (χ4n) is 5.19. The molecular formula is C24H28NOP. The molecule has 0 aliphatic heterocycles. The van der Waals surface area contributed by atoms with Crippen molar-refractivity contribution in [2.45, 2.75) is 45.6 Å². The second kappa shape index (κ2) is 7.65. The molecule has 0 saturated heterocycles. The van der Waals surface area contributed by atoms with Gasteiger partial charge in [0.2, 0.25) is 0 Å². The molecule has 0 heterocycles. The van der Waals surface area contributed by atoms with Crippen LogP contribution in [0.2, 0.25) is 0 Å². The van der Waals surface area contributed by atoms with Gasteiger partial charge in [0.25, 0.3) is 0 Å². The van der Waals surface area contributed by atoms with E-state index < -0.39 is 0 Å². The second-order valence-electron chi connectivity index (χ2n) is 8.32. The van der Waals surface area contributed by atoms with Gasteiger partial charge in [-0.05, 0) is 91.9 Å². The topological polar surface area (TPSA) is 33.0 Å². The standard InChI is InChI=1S/C24H28NOP/c1-15-9-20(10-16(2)23(15)13-25)26-24-21-6-4-3-5-18(21)12-22(24)19-8-7-17(11-19)14-27/h3-6,9-10,17,19,22,24H,7-8,11-12,14,27H2,1-2H3. The highest BCUT2D eigenvalue weighted by molar-refractivity contribution is 7.16. The van der Waals surface area contributed by atoms with Crippen molar-refractivity contribution in [2.75, 3.05) is 6.16 Å². The molecule has 5 unspecified atom stereocenters. The number of hydrogen-bond acceptors (Lipinski definition) is 2. The smallest absolute Gasteiger partial charge is 0.127 e. The van der Waals surface area contributed by atoms with Gasteiger partial charge in [-0.1, -0.05) is 24.3 Å². The third-order valence-electron chi connectivity index (χ3n) is 6.61. The maximum absolute atomic E-state index is 9.35. The lowest BCUT2D eigenvalue weighted by molar-refractivity contribution is 0.110. The molecule has 4 rings (SSSR count). The van der Waals surface area contributed by atoms with Gasteiger partial charge in [0.1, 0.15) is 11.9 Å². The molecule has 2 aromatic rings. The Hall–Kier alpha value is -1.84. The Labute approximate surface area is 165 Å². The van der Waals surface area contributed by atoms with Gasteiger partial charge in [0, 0.05) is 5.92 Å². The van der Waals surface area contributed by atoms with Crippen LogP contribution >= 0.6 is 9.24 Å². The molecule has 0 bridgehead atoms. The van der Waals surface area contributed by atoms with E-state index in [-0.39, 0.29) is 6.10 Å². The minimum absolute atomic E-state index is 0.126. The van der Waals surface area contributed by atoms with Crippen LogP contribution in [0, 0.1) is 42.9 Å². The predicted molar refractivity (Wildman–Crippen MR) is 113 cm³/mol. The molecule has 0 aromatic heterocycles. The molecule has 2 nitrogen and oxygen atoms in total. The highest BCUT2D eigenvalue weighted by Crippen LogP contribution is 2.49. The number of fused-ring (bicyclic) bond motifs is 1. The van der Waals surface area contributed by atoms with Crippen LogP contribution in [0.3, 0.4) is 0 Å². The minimum Gasteiger partial charge on any atom is -0.485 e. The summed E-state index contributed by atoms with van der Waals surface area (Å²) in [5, 5.41) is 9.35. The van der Waals surface area contributed by atoms with Crippen LogP contribution in [0.15, 0.2) is 36.4 Å². The molecular weight excluding hydrogens is 349 g/mol. The molecule has 0 spiro atoms. The molecule has 27 heavy (non-hydrogen) atoms. The molecule has 5 atom stereocenters. The summed E-state index contributed by atoms with van der Waals surface area (Å²) in [4.78, 5) is 0. The van der Waals surface area contributed by atoms with Crippen LogP contribution in [0.4, 0.5) is 0 Å². The zero-order valence-corrected chi connectivity index (χ0v) is 17.4. The molecule has 0 amide bonds. The van der Waals surface area contributed by atoms with Gasteiger partial charge < -0.3 is 4.74 Å². The van der Waals surface area contributed by atoms with Crippen molar-refractivity contribution < 1.29 is 4.74 Å². The van der Waals surface area contributed by atoms with Crippen molar-refractivity contribution >= 4 is 9.24 Å². The molecule has 2 aliphatic carbocycles. The second-order valence-corrected chi connectivity index (χ2v) is 8.80. The maximum Gasteiger partial charge on any atom is 0.127 e. The summed E-state index contributed by atoms with van der Waals surface area (Å²) in [7, 11) is 2.93. The largest absolute Gasteiger partial charge is 0.485 e. The first kappa shape index (κ1) is 18.5. The molecule has 0 N–H and O–H groups in total. The first-order chi connectivity index (χ1) is 13.1. The van der Waals surface area contributed by atoms with Gasteiger partial charge in [-0.25, -0.2) is 0 Å². The fourth-order valence-corrected chi connectivity index (χ4v) is 5.61. The highest BCUT2D eigenvalue weighted by atomic mass is 31.0. The van der Waals surface area contributed by atoms with E-state index in [1.54, 1.807) is 0 Å². The minimum atomic E-state index is 0.126. The Kier molecular flexibility index (Phi) is 5.25. The van der Waals surface area contributed by atoms with Crippen LogP contribution in [0.1, 0.15) is 53.2 Å². The predicted octanol–water partition coefficient (Wildman–Crippen LogP) is 5.76. The molecule has 2 aromatic carbocycles. The molecule has 1 saturated carbocycles. The Morgan fingerprint density at radius 1 is 1.15 bits per heavy atom. The molecule has 1 fully saturated rings. The normalized spacial score (nSPS) is 26.6. The number of aryl methyl sites for hydroxylation is 2. The van der Waals surface area contributed by atoms with Crippen LogP contribution in [0.5, 0.6) is 5.75 Å². The van der Waals surface area contributed by atoms with Crippen LogP contribution in [-0.2, 0) is 6.42 Å². The lowest BCUT2D eigenvalue weighted by Gasteiger charge is -2.27. The fraction of sp³-hybridized carbons (Fsp3) is 0.458. The van der Waals surface area contributed by atoms with Crippen LogP contribution < -0.4 is 4.74 Å². The van der Waals surface area contributed by atoms with Gasteiger partial charge in [-0.2, -0.15) is 5.26 Å². The number of benzene rings is 2. The van der Waals surface area contributed by atoms with E-state index in [4.69, 9.17) is 4.74 Å². The van der Waals surface area contributed by atoms with Crippen molar-refractivity contribution in [3.05, 3.63) is 64.2 Å². The molecule has 3 heteroatoms. The molecule has 140 valence electrons. The first-order valence-corrected chi connectivity index (χ1v) is 10.9. The first-order valence-electron chi connectivity index (χ1n) is 10.1. The SMILES string of the molecule is Cc1cc(OC2c3ccccc3CC2C2CCC(CP)C2)cc(C)c1C#N. The zero-order valence-electron chi connectivity index (χ0n) is 16.2. The van der Waals surface area contributed by atoms with E-state index in [2.05, 4.69) is 39.6 Å². The van der Waals surface area contributed by atoms with E-state index in [1.165, 1.54) is 36.6 Å². The lowest BCUT2D eigenvalue weighted by atomic mass is 9.86. The van der Waals surface area contributed by atoms with E-state index in [0.717, 1.165) is 40.7 Å². The summed E-state index contributed by atoms with van der Waals surface area (Å²) in [6.45, 7) is 4.00. The van der Waals surface area contributed by atoms with Gasteiger partial charge in [-0.15, -0.1) is 9.24 Å². The molecule has 2 aliphatic rings. The van der Waals surface area contributed by atoms with E-state index in [0.29, 0.717) is 5.92 Å². The summed E-state index contributed by atoms with van der Waals surface area (Å²) in [6.07, 6.45) is 6.47. The third-order valence-corrected chi connectivity index (χ3v) is 7.27. The Morgan fingerprint density at radius 2 is 1.89 bits per heavy atom. The average Bonchev–Trinajstić information content (AvgIpc) is 3.26. The lowest BCUT2D eigenvalue weighted by Crippen LogP contribution is -2.22. The number of nitrogens with zero attached hydrogens (tertiary/aromatic N) is 1. The zero-order chi connectivity index (χ0) is 19.0. The Bertz CT molecular complexity index is 861. The third kappa shape index (κ3) is 3.51. The number of nitriles is 1. The van der Waals surface area contributed by atoms with Crippen molar-refractivity contribution in [3.63, 3.8) is 0 Å². The van der Waals surface area contributed by atoms with Gasteiger partial charge in [0.15, 0.2) is 0 Å². The Morgan fingerprint density at radius 3 is 2.56 bits per heavy atom. The van der Waals surface area contributed by atoms with E-state index >= 15 is 0 Å². The van der Waals surface area contributed by atoms with Crippen molar-refractivity contribution in [1.29, 1.82) is 5.26 Å². The van der Waals surface area contributed by atoms with E-state index in [1.807, 2.05) is 26.0 Å². The monoisotopic (exact) mass is 377 g/mol. The van der Waals surface area contributed by atoms with Gasteiger partial charge >= 0.3 is 0 Å². The highest BCUT2D eigenvalue weighted by Gasteiger charge is 2.41. The maximum atomic E-state index is 9.35. The van der Waals surface area contributed by atoms with Crippen LogP contribution in [-0.4, -0.2) is 6.16 Å². The summed E-state index contributed by atoms with van der Waals surface area (Å²) in [5.41, 5.74) is 5.57. The van der Waals surface area contributed by atoms with Crippen LogP contribution in [0.25, 0.3) is 0 Å². The van der Waals surface area contributed by atoms with Crippen molar-refractivity contribution in [3.8, 4) is 11.8 Å². The molecule has 0 radical (unpaired) electrons. The van der Waals surface area contributed by atoms with Gasteiger partial charge in [0.05, 0.1) is 11.6 Å². The summed E-state index contributed by atoms with van der Waals surface area (Å²) in [6, 6.07) is 15.2. The van der Waals surface area contributed by atoms with Crippen molar-refractivity contribution in [2.24, 2.45) is 17.8 Å². The Balaban J connectivity index is 1.64. The number of rotatable bonds is 4. The summed E-state index contributed by atoms with van der Waals surface area (Å²) < 4.78 is 6.64.